The van der Waals surface area contributed by atoms with Crippen molar-refractivity contribution in [1.82, 2.24) is 19.9 Å². The first-order valence-electron chi connectivity index (χ1n) is 8.37. The molecule has 1 fully saturated rings. The SMILES string of the molecule is CS(=O)(=O)Nc1cc(F)cc(-c2nc(C3CC3)[nH]c2-c2ccnc(N)n2)c1Cl. The largest absolute Gasteiger partial charge is 0.368 e. The van der Waals surface area contributed by atoms with Gasteiger partial charge in [-0.3, -0.25) is 4.72 Å². The van der Waals surface area contributed by atoms with Crippen LogP contribution in [0.25, 0.3) is 22.6 Å². The van der Waals surface area contributed by atoms with E-state index in [9.17, 15) is 12.8 Å². The van der Waals surface area contributed by atoms with E-state index in [1.54, 1.807) is 6.07 Å². The van der Waals surface area contributed by atoms with E-state index in [2.05, 4.69) is 24.7 Å². The van der Waals surface area contributed by atoms with Crippen LogP contribution in [-0.2, 0) is 10.0 Å². The summed E-state index contributed by atoms with van der Waals surface area (Å²) in [5.41, 5.74) is 7.21. The van der Waals surface area contributed by atoms with Crippen LogP contribution in [0.3, 0.4) is 0 Å². The molecule has 0 amide bonds. The summed E-state index contributed by atoms with van der Waals surface area (Å²) in [6, 6.07) is 3.87. The molecular formula is C17H16ClFN6O2S. The molecule has 2 heterocycles. The summed E-state index contributed by atoms with van der Waals surface area (Å²) < 4.78 is 39.7. The number of benzene rings is 1. The molecule has 146 valence electrons. The van der Waals surface area contributed by atoms with Gasteiger partial charge in [0.15, 0.2) is 0 Å². The Kier molecular flexibility index (Phi) is 4.47. The molecule has 1 aliphatic rings. The predicted octanol–water partition coefficient (Wildman–Crippen LogP) is 3.16. The van der Waals surface area contributed by atoms with E-state index in [0.29, 0.717) is 17.1 Å². The predicted molar refractivity (Wildman–Crippen MR) is 105 cm³/mol. The van der Waals surface area contributed by atoms with E-state index in [1.807, 2.05) is 0 Å². The number of aromatic amines is 1. The van der Waals surface area contributed by atoms with Gasteiger partial charge in [-0.15, -0.1) is 0 Å². The Balaban J connectivity index is 1.92. The molecule has 0 unspecified atom stereocenters. The van der Waals surface area contributed by atoms with Crippen molar-refractivity contribution in [1.29, 1.82) is 0 Å². The van der Waals surface area contributed by atoms with Gasteiger partial charge in [0.05, 0.1) is 34.0 Å². The molecule has 4 rings (SSSR count). The first-order chi connectivity index (χ1) is 13.2. The van der Waals surface area contributed by atoms with Crippen LogP contribution in [0.5, 0.6) is 0 Å². The van der Waals surface area contributed by atoms with Crippen molar-refractivity contribution in [3.63, 3.8) is 0 Å². The van der Waals surface area contributed by atoms with E-state index >= 15 is 0 Å². The van der Waals surface area contributed by atoms with Gasteiger partial charge in [-0.05, 0) is 31.0 Å². The van der Waals surface area contributed by atoms with Crippen LogP contribution in [0.1, 0.15) is 24.6 Å². The molecule has 3 aromatic rings. The number of aromatic nitrogens is 4. The first-order valence-corrected chi connectivity index (χ1v) is 10.6. The summed E-state index contributed by atoms with van der Waals surface area (Å²) in [5, 5.41) is 0.0314. The fourth-order valence-electron chi connectivity index (χ4n) is 2.87. The molecule has 4 N–H and O–H groups in total. The van der Waals surface area contributed by atoms with Crippen molar-refractivity contribution in [2.45, 2.75) is 18.8 Å². The Morgan fingerprint density at radius 3 is 2.71 bits per heavy atom. The highest BCUT2D eigenvalue weighted by Gasteiger charge is 2.30. The second-order valence-electron chi connectivity index (χ2n) is 6.61. The van der Waals surface area contributed by atoms with Crippen molar-refractivity contribution in [2.24, 2.45) is 0 Å². The second kappa shape index (κ2) is 6.71. The number of nitrogens with two attached hydrogens (primary N) is 1. The summed E-state index contributed by atoms with van der Waals surface area (Å²) in [4.78, 5) is 15.9. The van der Waals surface area contributed by atoms with E-state index in [0.717, 1.165) is 31.0 Å². The molecule has 11 heteroatoms. The van der Waals surface area contributed by atoms with E-state index in [-0.39, 0.29) is 28.1 Å². The third-order valence-corrected chi connectivity index (χ3v) is 5.20. The number of rotatable bonds is 5. The number of halogens is 2. The molecule has 1 saturated carbocycles. The van der Waals surface area contributed by atoms with Gasteiger partial charge >= 0.3 is 0 Å². The van der Waals surface area contributed by atoms with Gasteiger partial charge < -0.3 is 10.7 Å². The fourth-order valence-corrected chi connectivity index (χ4v) is 3.73. The Hall–Kier alpha value is -2.72. The van der Waals surface area contributed by atoms with Gasteiger partial charge in [0, 0.05) is 17.7 Å². The maximum Gasteiger partial charge on any atom is 0.229 e. The zero-order chi connectivity index (χ0) is 20.1. The molecule has 1 aliphatic carbocycles. The van der Waals surface area contributed by atoms with Crippen LogP contribution in [-0.4, -0.2) is 34.6 Å². The number of anilines is 2. The average Bonchev–Trinajstić information content (AvgIpc) is 3.35. The number of nitrogen functional groups attached to an aromatic ring is 1. The number of nitrogens with one attached hydrogen (secondary N) is 2. The van der Waals surface area contributed by atoms with E-state index in [4.69, 9.17) is 17.3 Å². The van der Waals surface area contributed by atoms with Gasteiger partial charge in [-0.25, -0.2) is 27.8 Å². The Bertz CT molecular complexity index is 1180. The maximum atomic E-state index is 14.3. The topological polar surface area (TPSA) is 127 Å². The lowest BCUT2D eigenvalue weighted by Gasteiger charge is -2.11. The fraction of sp³-hybridized carbons (Fsp3) is 0.235. The molecule has 0 radical (unpaired) electrons. The van der Waals surface area contributed by atoms with Crippen molar-refractivity contribution in [3.05, 3.63) is 41.1 Å². The molecule has 8 nitrogen and oxygen atoms in total. The van der Waals surface area contributed by atoms with Crippen molar-refractivity contribution in [3.8, 4) is 22.6 Å². The Morgan fingerprint density at radius 2 is 2.07 bits per heavy atom. The summed E-state index contributed by atoms with van der Waals surface area (Å²) in [6.45, 7) is 0. The van der Waals surface area contributed by atoms with Crippen molar-refractivity contribution < 1.29 is 12.8 Å². The molecule has 0 saturated heterocycles. The van der Waals surface area contributed by atoms with Gasteiger partial charge in [0.2, 0.25) is 16.0 Å². The first kappa shape index (κ1) is 18.6. The lowest BCUT2D eigenvalue weighted by molar-refractivity contribution is 0.606. The van der Waals surface area contributed by atoms with Crippen LogP contribution in [0.2, 0.25) is 5.02 Å². The van der Waals surface area contributed by atoms with Gasteiger partial charge in [-0.1, -0.05) is 11.6 Å². The summed E-state index contributed by atoms with van der Waals surface area (Å²) in [6.07, 6.45) is 4.46. The number of imidazole rings is 1. The van der Waals surface area contributed by atoms with E-state index in [1.165, 1.54) is 12.3 Å². The zero-order valence-electron chi connectivity index (χ0n) is 14.7. The number of nitrogens with zero attached hydrogens (tertiary/aromatic N) is 3. The highest BCUT2D eigenvalue weighted by Crippen LogP contribution is 2.43. The molecule has 28 heavy (non-hydrogen) atoms. The quantitative estimate of drug-likeness (QED) is 0.579. The lowest BCUT2D eigenvalue weighted by atomic mass is 10.1. The molecule has 0 spiro atoms. The van der Waals surface area contributed by atoms with Gasteiger partial charge in [0.1, 0.15) is 11.6 Å². The molecule has 0 bridgehead atoms. The smallest absolute Gasteiger partial charge is 0.229 e. The highest BCUT2D eigenvalue weighted by atomic mass is 35.5. The van der Waals surface area contributed by atoms with Crippen LogP contribution in [0, 0.1) is 5.82 Å². The van der Waals surface area contributed by atoms with Crippen molar-refractivity contribution in [2.75, 3.05) is 16.7 Å². The van der Waals surface area contributed by atoms with Gasteiger partial charge in [0.25, 0.3) is 0 Å². The van der Waals surface area contributed by atoms with Crippen molar-refractivity contribution >= 4 is 33.3 Å². The summed E-state index contributed by atoms with van der Waals surface area (Å²) in [7, 11) is -3.65. The Morgan fingerprint density at radius 1 is 1.32 bits per heavy atom. The molecule has 1 aromatic carbocycles. The second-order valence-corrected chi connectivity index (χ2v) is 8.74. The van der Waals surface area contributed by atoms with Crippen LogP contribution in [0.4, 0.5) is 16.0 Å². The maximum absolute atomic E-state index is 14.3. The normalized spacial score (nSPS) is 14.2. The third-order valence-electron chi connectivity index (χ3n) is 4.20. The molecule has 0 atom stereocenters. The number of hydrogen-bond donors (Lipinski definition) is 3. The van der Waals surface area contributed by atoms with Gasteiger partial charge in [-0.2, -0.15) is 0 Å². The Labute approximate surface area is 165 Å². The molecular weight excluding hydrogens is 407 g/mol. The number of hydrogen-bond acceptors (Lipinski definition) is 6. The summed E-state index contributed by atoms with van der Waals surface area (Å²) in [5.74, 6) is 0.443. The molecule has 2 aromatic heterocycles. The number of H-pyrrole nitrogens is 1. The van der Waals surface area contributed by atoms with Crippen LogP contribution in [0.15, 0.2) is 24.4 Å². The average molecular weight is 423 g/mol. The van der Waals surface area contributed by atoms with Crippen LogP contribution >= 0.6 is 11.6 Å². The van der Waals surface area contributed by atoms with Crippen LogP contribution < -0.4 is 10.5 Å². The van der Waals surface area contributed by atoms with E-state index < -0.39 is 15.8 Å². The summed E-state index contributed by atoms with van der Waals surface area (Å²) >= 11 is 6.41. The zero-order valence-corrected chi connectivity index (χ0v) is 16.3. The monoisotopic (exact) mass is 422 g/mol. The minimum absolute atomic E-state index is 0.0314. The molecule has 0 aliphatic heterocycles. The lowest BCUT2D eigenvalue weighted by Crippen LogP contribution is -2.10. The minimum Gasteiger partial charge on any atom is -0.368 e. The number of sulfonamides is 1. The third kappa shape index (κ3) is 3.78. The standard InChI is InChI=1S/C17H16ClFN6O2S/c1-28(26,27)25-12-7-9(19)6-10(13(12)18)14-15(11-4-5-21-17(20)22-11)24-16(23-14)8-2-3-8/h4-8,25H,2-3H2,1H3,(H,23,24)(H2,20,21,22). The minimum atomic E-state index is -3.65. The highest BCUT2D eigenvalue weighted by molar-refractivity contribution is 7.92.